The van der Waals surface area contributed by atoms with Crippen LogP contribution < -0.4 is 5.73 Å². The van der Waals surface area contributed by atoms with Crippen LogP contribution >= 0.6 is 0 Å². The Balaban J connectivity index is 2.12. The SMILES string of the molecule is CCCc1c(-c2ccccc2)c(C(N)=O)c(C)n1CC1CCCCC1. The molecule has 1 aliphatic rings. The molecule has 134 valence electrons. The van der Waals surface area contributed by atoms with E-state index in [0.29, 0.717) is 5.56 Å². The molecule has 3 rings (SSSR count). The molecular weight excluding hydrogens is 308 g/mol. The van der Waals surface area contributed by atoms with Crippen molar-refractivity contribution in [1.82, 2.24) is 4.57 Å². The molecule has 1 aromatic carbocycles. The predicted molar refractivity (Wildman–Crippen MR) is 104 cm³/mol. The Morgan fingerprint density at radius 1 is 1.16 bits per heavy atom. The van der Waals surface area contributed by atoms with Gasteiger partial charge in [0.1, 0.15) is 0 Å². The molecule has 0 unspecified atom stereocenters. The van der Waals surface area contributed by atoms with Crippen LogP contribution in [0.15, 0.2) is 30.3 Å². The van der Waals surface area contributed by atoms with Crippen molar-refractivity contribution in [2.45, 2.75) is 65.3 Å². The predicted octanol–water partition coefficient (Wildman–Crippen LogP) is 5.10. The number of amides is 1. The van der Waals surface area contributed by atoms with Gasteiger partial charge in [0.25, 0.3) is 5.91 Å². The smallest absolute Gasteiger partial charge is 0.251 e. The van der Waals surface area contributed by atoms with Crippen LogP contribution in [0.5, 0.6) is 0 Å². The van der Waals surface area contributed by atoms with E-state index in [1.54, 1.807) is 0 Å². The Kier molecular flexibility index (Phi) is 5.62. The Bertz CT molecular complexity index is 724. The minimum atomic E-state index is -0.309. The zero-order chi connectivity index (χ0) is 17.8. The number of hydrogen-bond donors (Lipinski definition) is 1. The van der Waals surface area contributed by atoms with Crippen LogP contribution in [-0.2, 0) is 13.0 Å². The molecule has 1 aliphatic carbocycles. The highest BCUT2D eigenvalue weighted by molar-refractivity contribution is 6.02. The van der Waals surface area contributed by atoms with Gasteiger partial charge >= 0.3 is 0 Å². The van der Waals surface area contributed by atoms with Crippen LogP contribution in [0.25, 0.3) is 11.1 Å². The molecular formula is C22H30N2O. The van der Waals surface area contributed by atoms with Crippen LogP contribution in [0.4, 0.5) is 0 Å². The van der Waals surface area contributed by atoms with Gasteiger partial charge in [-0.25, -0.2) is 0 Å². The molecule has 0 bridgehead atoms. The quantitative estimate of drug-likeness (QED) is 0.783. The lowest BCUT2D eigenvalue weighted by Crippen LogP contribution is -2.18. The van der Waals surface area contributed by atoms with Gasteiger partial charge in [-0.2, -0.15) is 0 Å². The third-order valence-corrected chi connectivity index (χ3v) is 5.59. The van der Waals surface area contributed by atoms with Gasteiger partial charge in [-0.05, 0) is 37.7 Å². The second-order valence-corrected chi connectivity index (χ2v) is 7.38. The highest BCUT2D eigenvalue weighted by Crippen LogP contribution is 2.35. The van der Waals surface area contributed by atoms with E-state index in [1.807, 2.05) is 18.2 Å². The summed E-state index contributed by atoms with van der Waals surface area (Å²) in [5.74, 6) is 0.413. The summed E-state index contributed by atoms with van der Waals surface area (Å²) in [4.78, 5) is 12.3. The summed E-state index contributed by atoms with van der Waals surface area (Å²) >= 11 is 0. The fourth-order valence-electron chi connectivity index (χ4n) is 4.39. The molecule has 1 saturated carbocycles. The highest BCUT2D eigenvalue weighted by Gasteiger charge is 2.26. The highest BCUT2D eigenvalue weighted by atomic mass is 16.1. The van der Waals surface area contributed by atoms with Crippen molar-refractivity contribution in [3.8, 4) is 11.1 Å². The van der Waals surface area contributed by atoms with Gasteiger partial charge in [0.2, 0.25) is 0 Å². The largest absolute Gasteiger partial charge is 0.366 e. The van der Waals surface area contributed by atoms with Gasteiger partial charge in [0.05, 0.1) is 5.56 Å². The molecule has 1 aromatic heterocycles. The maximum atomic E-state index is 12.3. The number of nitrogens with zero attached hydrogens (tertiary/aromatic N) is 1. The second kappa shape index (κ2) is 7.90. The van der Waals surface area contributed by atoms with Gasteiger partial charge in [-0.1, -0.05) is 62.9 Å². The molecule has 1 fully saturated rings. The number of rotatable bonds is 6. The lowest BCUT2D eigenvalue weighted by molar-refractivity contribution is 0.1000. The summed E-state index contributed by atoms with van der Waals surface area (Å²) in [6, 6.07) is 10.3. The van der Waals surface area contributed by atoms with Crippen molar-refractivity contribution in [2.75, 3.05) is 0 Å². The average molecular weight is 338 g/mol. The van der Waals surface area contributed by atoms with E-state index in [1.165, 1.54) is 37.8 Å². The molecule has 25 heavy (non-hydrogen) atoms. The van der Waals surface area contributed by atoms with E-state index in [9.17, 15) is 4.79 Å². The van der Waals surface area contributed by atoms with Gasteiger partial charge in [0, 0.05) is 23.5 Å². The molecule has 1 amide bonds. The molecule has 1 heterocycles. The number of carbonyl (C=O) groups is 1. The Hall–Kier alpha value is -2.03. The standard InChI is InChI=1S/C22H30N2O/c1-3-10-19-21(18-13-8-5-9-14-18)20(22(23)25)16(2)24(19)15-17-11-6-4-7-12-17/h5,8-9,13-14,17H,3-4,6-7,10-12,15H2,1-2H3,(H2,23,25). The first-order valence-corrected chi connectivity index (χ1v) is 9.70. The average Bonchev–Trinajstić information content (AvgIpc) is 2.90. The number of carbonyl (C=O) groups excluding carboxylic acids is 1. The van der Waals surface area contributed by atoms with Crippen molar-refractivity contribution in [2.24, 2.45) is 11.7 Å². The lowest BCUT2D eigenvalue weighted by Gasteiger charge is -2.24. The van der Waals surface area contributed by atoms with Gasteiger partial charge < -0.3 is 10.3 Å². The van der Waals surface area contributed by atoms with E-state index in [2.05, 4.69) is 30.5 Å². The minimum absolute atomic E-state index is 0.309. The van der Waals surface area contributed by atoms with Crippen LogP contribution in [-0.4, -0.2) is 10.5 Å². The second-order valence-electron chi connectivity index (χ2n) is 7.38. The fraction of sp³-hybridized carbons (Fsp3) is 0.500. The number of nitrogens with two attached hydrogens (primary N) is 1. The van der Waals surface area contributed by atoms with Crippen molar-refractivity contribution in [1.29, 1.82) is 0 Å². The zero-order valence-corrected chi connectivity index (χ0v) is 15.6. The summed E-state index contributed by atoms with van der Waals surface area (Å²) in [5.41, 5.74) is 11.0. The Morgan fingerprint density at radius 3 is 2.44 bits per heavy atom. The zero-order valence-electron chi connectivity index (χ0n) is 15.6. The molecule has 0 atom stereocenters. The van der Waals surface area contributed by atoms with E-state index in [4.69, 9.17) is 5.73 Å². The first kappa shape index (κ1) is 17.8. The van der Waals surface area contributed by atoms with Gasteiger partial charge in [-0.15, -0.1) is 0 Å². The third-order valence-electron chi connectivity index (χ3n) is 5.59. The fourth-order valence-corrected chi connectivity index (χ4v) is 4.39. The van der Waals surface area contributed by atoms with Crippen LogP contribution in [0.2, 0.25) is 0 Å². The molecule has 3 nitrogen and oxygen atoms in total. The van der Waals surface area contributed by atoms with Crippen molar-refractivity contribution in [3.63, 3.8) is 0 Å². The van der Waals surface area contributed by atoms with Crippen molar-refractivity contribution in [3.05, 3.63) is 47.3 Å². The molecule has 3 heteroatoms. The number of aromatic nitrogens is 1. The molecule has 0 radical (unpaired) electrons. The van der Waals surface area contributed by atoms with Crippen molar-refractivity contribution < 1.29 is 4.79 Å². The lowest BCUT2D eigenvalue weighted by atomic mass is 9.89. The first-order valence-electron chi connectivity index (χ1n) is 9.70. The molecule has 2 aromatic rings. The summed E-state index contributed by atoms with van der Waals surface area (Å²) in [7, 11) is 0. The van der Waals surface area contributed by atoms with Crippen LogP contribution in [0.3, 0.4) is 0 Å². The summed E-state index contributed by atoms with van der Waals surface area (Å²) in [6.45, 7) is 5.29. The molecule has 0 aliphatic heterocycles. The van der Waals surface area contributed by atoms with Crippen LogP contribution in [0, 0.1) is 12.8 Å². The normalized spacial score (nSPS) is 15.4. The van der Waals surface area contributed by atoms with E-state index in [-0.39, 0.29) is 5.91 Å². The number of benzene rings is 1. The molecule has 2 N–H and O–H groups in total. The third kappa shape index (κ3) is 3.65. The minimum Gasteiger partial charge on any atom is -0.366 e. The van der Waals surface area contributed by atoms with E-state index in [0.717, 1.165) is 42.1 Å². The Labute approximate surface area is 151 Å². The maximum Gasteiger partial charge on any atom is 0.251 e. The molecule has 0 spiro atoms. The van der Waals surface area contributed by atoms with E-state index >= 15 is 0 Å². The number of hydrogen-bond acceptors (Lipinski definition) is 1. The summed E-state index contributed by atoms with van der Waals surface area (Å²) in [6.07, 6.45) is 8.68. The molecule has 0 saturated heterocycles. The van der Waals surface area contributed by atoms with E-state index < -0.39 is 0 Å². The summed E-state index contributed by atoms with van der Waals surface area (Å²) < 4.78 is 2.40. The monoisotopic (exact) mass is 338 g/mol. The maximum absolute atomic E-state index is 12.3. The summed E-state index contributed by atoms with van der Waals surface area (Å²) in [5, 5.41) is 0. The number of primary amides is 1. The first-order chi connectivity index (χ1) is 12.1. The topological polar surface area (TPSA) is 48.0 Å². The van der Waals surface area contributed by atoms with Crippen molar-refractivity contribution >= 4 is 5.91 Å². The van der Waals surface area contributed by atoms with Gasteiger partial charge in [0.15, 0.2) is 0 Å². The Morgan fingerprint density at radius 2 is 1.84 bits per heavy atom. The van der Waals surface area contributed by atoms with Crippen LogP contribution in [0.1, 0.15) is 67.2 Å². The van der Waals surface area contributed by atoms with Gasteiger partial charge in [-0.3, -0.25) is 4.79 Å².